The fourth-order valence-electron chi connectivity index (χ4n) is 3.35. The van der Waals surface area contributed by atoms with Gasteiger partial charge in [0.15, 0.2) is 0 Å². The van der Waals surface area contributed by atoms with Crippen LogP contribution in [0.3, 0.4) is 0 Å². The van der Waals surface area contributed by atoms with E-state index >= 15 is 0 Å². The summed E-state index contributed by atoms with van der Waals surface area (Å²) in [6, 6.07) is 4.96. The molecule has 1 aromatic carbocycles. The van der Waals surface area contributed by atoms with Crippen LogP contribution in [0, 0.1) is 0 Å². The number of likely N-dealkylation sites (N-methyl/N-ethyl adjacent to an activating group) is 1. The smallest absolute Gasteiger partial charge is 0.270 e. The third kappa shape index (κ3) is 3.14. The lowest BCUT2D eigenvalue weighted by Crippen LogP contribution is -2.51. The molecule has 7 nitrogen and oxygen atoms in total. The van der Waals surface area contributed by atoms with Crippen LogP contribution in [0.4, 0.5) is 0 Å². The van der Waals surface area contributed by atoms with E-state index in [1.807, 2.05) is 6.07 Å². The highest BCUT2D eigenvalue weighted by molar-refractivity contribution is 6.01. The lowest BCUT2D eigenvalue weighted by molar-refractivity contribution is -0.126. The predicted octanol–water partition coefficient (Wildman–Crippen LogP) is 1.93. The first-order chi connectivity index (χ1) is 12.1. The summed E-state index contributed by atoms with van der Waals surface area (Å²) in [6.45, 7) is 0.576. The first-order valence-electron chi connectivity index (χ1n) is 8.36. The Morgan fingerprint density at radius 1 is 1.20 bits per heavy atom. The fraction of sp³-hybridized carbons (Fsp3) is 0.444. The van der Waals surface area contributed by atoms with Crippen molar-refractivity contribution < 1.29 is 19.1 Å². The summed E-state index contributed by atoms with van der Waals surface area (Å²) in [6.07, 6.45) is 2.53. The number of carbonyl (C=O) groups excluding carboxylic acids is 2. The molecule has 3 rings (SSSR count). The number of ether oxygens (including phenoxy) is 2. The van der Waals surface area contributed by atoms with Crippen molar-refractivity contribution in [1.82, 2.24) is 15.2 Å². The number of nitrogens with one attached hydrogen (secondary N) is 2. The molecule has 1 aromatic heterocycles. The Hall–Kier alpha value is -2.70. The molecule has 25 heavy (non-hydrogen) atoms. The molecule has 0 unspecified atom stereocenters. The Morgan fingerprint density at radius 2 is 2.00 bits per heavy atom. The number of methoxy groups -OCH3 is 2. The van der Waals surface area contributed by atoms with Gasteiger partial charge in [0.2, 0.25) is 5.91 Å². The second kappa shape index (κ2) is 7.04. The molecule has 0 spiro atoms. The first-order valence-corrected chi connectivity index (χ1v) is 8.36. The number of hydrogen-bond donors (Lipinski definition) is 2. The highest BCUT2D eigenvalue weighted by atomic mass is 16.5. The zero-order valence-corrected chi connectivity index (χ0v) is 14.7. The Morgan fingerprint density at radius 3 is 2.68 bits per heavy atom. The number of H-pyrrole nitrogens is 1. The highest BCUT2D eigenvalue weighted by Gasteiger charge is 2.32. The number of hydrogen-bond acceptors (Lipinski definition) is 4. The van der Waals surface area contributed by atoms with Crippen LogP contribution in [-0.2, 0) is 4.79 Å². The van der Waals surface area contributed by atoms with Gasteiger partial charge in [-0.3, -0.25) is 9.59 Å². The molecular formula is C18H23N3O4. The van der Waals surface area contributed by atoms with Gasteiger partial charge in [0.25, 0.3) is 5.91 Å². The van der Waals surface area contributed by atoms with Crippen LogP contribution < -0.4 is 14.8 Å². The maximum atomic E-state index is 13.0. The second-order valence-electron chi connectivity index (χ2n) is 6.10. The first kappa shape index (κ1) is 17.1. The van der Waals surface area contributed by atoms with E-state index in [0.717, 1.165) is 23.7 Å². The summed E-state index contributed by atoms with van der Waals surface area (Å²) in [5.74, 6) is 0.965. The Bertz CT molecular complexity index is 799. The number of aromatic nitrogens is 1. The van der Waals surface area contributed by atoms with Crippen LogP contribution in [0.1, 0.15) is 29.8 Å². The largest absolute Gasteiger partial charge is 0.497 e. The summed E-state index contributed by atoms with van der Waals surface area (Å²) in [5.41, 5.74) is 1.18. The van der Waals surface area contributed by atoms with Crippen molar-refractivity contribution in [3.63, 3.8) is 0 Å². The molecule has 1 aliphatic heterocycles. The van der Waals surface area contributed by atoms with Crippen LogP contribution in [0.5, 0.6) is 11.5 Å². The van der Waals surface area contributed by atoms with Crippen LogP contribution in [0.25, 0.3) is 10.9 Å². The third-order valence-electron chi connectivity index (χ3n) is 4.66. The van der Waals surface area contributed by atoms with Crippen molar-refractivity contribution in [1.29, 1.82) is 0 Å². The maximum absolute atomic E-state index is 13.0. The SMILES string of the molecule is CNC(=O)[C@@H]1CCCCN1C(=O)c1cc2cc(OC)cc(OC)c2[nH]1. The standard InChI is InChI=1S/C18H23N3O4/c1-19-17(22)14-6-4-5-7-21(14)18(23)13-9-11-8-12(24-2)10-15(25-3)16(11)20-13/h8-10,14,20H,4-7H2,1-3H3,(H,19,22)/t14-/m0/s1. The van der Waals surface area contributed by atoms with E-state index in [4.69, 9.17) is 9.47 Å². The maximum Gasteiger partial charge on any atom is 0.270 e. The van der Waals surface area contributed by atoms with Gasteiger partial charge in [-0.05, 0) is 31.4 Å². The van der Waals surface area contributed by atoms with Gasteiger partial charge in [0, 0.05) is 25.0 Å². The molecule has 2 heterocycles. The Balaban J connectivity index is 1.97. The number of likely N-dealkylation sites (tertiary alicyclic amines) is 1. The molecule has 0 radical (unpaired) electrons. The quantitative estimate of drug-likeness (QED) is 0.887. The predicted molar refractivity (Wildman–Crippen MR) is 94.1 cm³/mol. The number of amides is 2. The molecule has 2 aromatic rings. The molecular weight excluding hydrogens is 322 g/mol. The van der Waals surface area contributed by atoms with Gasteiger partial charge in [-0.2, -0.15) is 0 Å². The number of nitrogens with zero attached hydrogens (tertiary/aromatic N) is 1. The van der Waals surface area contributed by atoms with Crippen molar-refractivity contribution in [3.05, 3.63) is 23.9 Å². The highest BCUT2D eigenvalue weighted by Crippen LogP contribution is 2.32. The molecule has 0 saturated carbocycles. The molecule has 0 aliphatic carbocycles. The summed E-state index contributed by atoms with van der Waals surface area (Å²) < 4.78 is 10.7. The lowest BCUT2D eigenvalue weighted by Gasteiger charge is -2.34. The van der Waals surface area contributed by atoms with E-state index in [0.29, 0.717) is 30.2 Å². The van der Waals surface area contributed by atoms with E-state index in [9.17, 15) is 9.59 Å². The molecule has 1 atom stereocenters. The van der Waals surface area contributed by atoms with Crippen molar-refractivity contribution in [2.24, 2.45) is 0 Å². The molecule has 1 fully saturated rings. The second-order valence-corrected chi connectivity index (χ2v) is 6.10. The van der Waals surface area contributed by atoms with E-state index in [1.54, 1.807) is 38.3 Å². The molecule has 2 amide bonds. The van der Waals surface area contributed by atoms with Crippen LogP contribution in [-0.4, -0.2) is 55.6 Å². The third-order valence-corrected chi connectivity index (χ3v) is 4.66. The minimum atomic E-state index is -0.422. The molecule has 1 saturated heterocycles. The van der Waals surface area contributed by atoms with Gasteiger partial charge in [-0.1, -0.05) is 0 Å². The number of piperidine rings is 1. The van der Waals surface area contributed by atoms with E-state index in [-0.39, 0.29) is 11.8 Å². The number of aromatic amines is 1. The van der Waals surface area contributed by atoms with Crippen molar-refractivity contribution >= 4 is 22.7 Å². The molecule has 2 N–H and O–H groups in total. The van der Waals surface area contributed by atoms with Crippen molar-refractivity contribution in [2.75, 3.05) is 27.8 Å². The number of carbonyl (C=O) groups is 2. The van der Waals surface area contributed by atoms with Crippen molar-refractivity contribution in [3.8, 4) is 11.5 Å². The fourth-order valence-corrected chi connectivity index (χ4v) is 3.35. The molecule has 0 bridgehead atoms. The summed E-state index contributed by atoms with van der Waals surface area (Å²) in [7, 11) is 4.75. The van der Waals surface area contributed by atoms with Crippen molar-refractivity contribution in [2.45, 2.75) is 25.3 Å². The average molecular weight is 345 g/mol. The van der Waals surface area contributed by atoms with Gasteiger partial charge in [0.05, 0.1) is 19.7 Å². The van der Waals surface area contributed by atoms with Gasteiger partial charge >= 0.3 is 0 Å². The zero-order valence-electron chi connectivity index (χ0n) is 14.7. The van der Waals surface area contributed by atoms with Crippen LogP contribution >= 0.6 is 0 Å². The van der Waals surface area contributed by atoms with Gasteiger partial charge in [-0.25, -0.2) is 0 Å². The Kier molecular flexibility index (Phi) is 4.83. The van der Waals surface area contributed by atoms with E-state index < -0.39 is 6.04 Å². The van der Waals surface area contributed by atoms with Gasteiger partial charge in [0.1, 0.15) is 23.2 Å². The number of benzene rings is 1. The number of fused-ring (bicyclic) bond motifs is 1. The minimum absolute atomic E-state index is 0.122. The normalized spacial score (nSPS) is 17.4. The average Bonchev–Trinajstić information content (AvgIpc) is 3.09. The number of rotatable bonds is 4. The van der Waals surface area contributed by atoms with Crippen LogP contribution in [0.2, 0.25) is 0 Å². The molecule has 7 heteroatoms. The van der Waals surface area contributed by atoms with E-state index in [1.165, 1.54) is 0 Å². The lowest BCUT2D eigenvalue weighted by atomic mass is 10.0. The van der Waals surface area contributed by atoms with E-state index in [2.05, 4.69) is 10.3 Å². The van der Waals surface area contributed by atoms with Crippen LogP contribution in [0.15, 0.2) is 18.2 Å². The molecule has 1 aliphatic rings. The van der Waals surface area contributed by atoms with Gasteiger partial charge in [-0.15, -0.1) is 0 Å². The summed E-state index contributed by atoms with van der Waals surface area (Å²) in [5, 5.41) is 3.48. The zero-order chi connectivity index (χ0) is 18.0. The Labute approximate surface area is 146 Å². The topological polar surface area (TPSA) is 83.7 Å². The molecule has 134 valence electrons. The van der Waals surface area contributed by atoms with Gasteiger partial charge < -0.3 is 24.7 Å². The summed E-state index contributed by atoms with van der Waals surface area (Å²) >= 11 is 0. The summed E-state index contributed by atoms with van der Waals surface area (Å²) in [4.78, 5) is 29.9. The minimum Gasteiger partial charge on any atom is -0.497 e. The monoisotopic (exact) mass is 345 g/mol.